The highest BCUT2D eigenvalue weighted by atomic mass is 127. The number of piperazine rings is 1. The number of hydrogen-bond acceptors (Lipinski definition) is 7. The summed E-state index contributed by atoms with van der Waals surface area (Å²) in [4.78, 5) is 53.5. The summed E-state index contributed by atoms with van der Waals surface area (Å²) in [5.41, 5.74) is 0.971. The molecule has 216 valence electrons. The largest absolute Gasteiger partial charge is 0.395 e. The molecular weight excluding hydrogens is 629 g/mol. The van der Waals surface area contributed by atoms with Crippen LogP contribution in [0.5, 0.6) is 0 Å². The number of nitrogens with zero attached hydrogens (tertiary/aromatic N) is 3. The van der Waals surface area contributed by atoms with Gasteiger partial charge in [-0.3, -0.25) is 24.5 Å². The van der Waals surface area contributed by atoms with Crippen LogP contribution in [0.15, 0.2) is 54.6 Å². The minimum absolute atomic E-state index is 0.00329. The van der Waals surface area contributed by atoms with Crippen molar-refractivity contribution >= 4 is 46.0 Å². The van der Waals surface area contributed by atoms with Crippen molar-refractivity contribution in [2.75, 3.05) is 39.8 Å². The number of amides is 3. The number of benzene rings is 2. The highest BCUT2D eigenvalue weighted by Crippen LogP contribution is 2.20. The molecular formula is C28H36IN5O6. The Hall–Kier alpha value is -3.10. The lowest BCUT2D eigenvalue weighted by Gasteiger charge is -2.38. The predicted octanol–water partition coefficient (Wildman–Crippen LogP) is 2.02. The monoisotopic (exact) mass is 665 g/mol. The highest BCUT2D eigenvalue weighted by Gasteiger charge is 2.32. The second-order valence-corrected chi connectivity index (χ2v) is 11.5. The van der Waals surface area contributed by atoms with Crippen molar-refractivity contribution in [1.29, 1.82) is 0 Å². The average molecular weight is 666 g/mol. The van der Waals surface area contributed by atoms with Gasteiger partial charge in [0.25, 0.3) is 11.6 Å². The van der Waals surface area contributed by atoms with Gasteiger partial charge in [0.2, 0.25) is 11.8 Å². The van der Waals surface area contributed by atoms with Gasteiger partial charge in [-0.25, -0.2) is 0 Å². The van der Waals surface area contributed by atoms with E-state index in [1.54, 1.807) is 16.8 Å². The number of alkyl halides is 1. The molecule has 1 heterocycles. The number of likely N-dealkylation sites (N-methyl/N-ethyl adjacent to an activating group) is 1. The fraction of sp³-hybridized carbons (Fsp3) is 0.464. The Labute approximate surface area is 247 Å². The number of aliphatic hydroxyl groups excluding tert-OH is 1. The van der Waals surface area contributed by atoms with Crippen molar-refractivity contribution in [3.63, 3.8) is 0 Å². The van der Waals surface area contributed by atoms with E-state index in [9.17, 15) is 29.6 Å². The van der Waals surface area contributed by atoms with Gasteiger partial charge >= 0.3 is 0 Å². The zero-order valence-corrected chi connectivity index (χ0v) is 24.8. The molecule has 40 heavy (non-hydrogen) atoms. The van der Waals surface area contributed by atoms with Crippen LogP contribution in [-0.4, -0.2) is 93.4 Å². The van der Waals surface area contributed by atoms with Crippen molar-refractivity contribution in [3.05, 3.63) is 75.8 Å². The van der Waals surface area contributed by atoms with Gasteiger partial charge in [0.1, 0.15) is 6.04 Å². The first-order valence-electron chi connectivity index (χ1n) is 13.2. The molecule has 4 atom stereocenters. The van der Waals surface area contributed by atoms with Crippen LogP contribution in [0.25, 0.3) is 0 Å². The third kappa shape index (κ3) is 8.45. The van der Waals surface area contributed by atoms with Crippen LogP contribution < -0.4 is 10.6 Å². The average Bonchev–Trinajstić information content (AvgIpc) is 2.97. The molecule has 12 heteroatoms. The number of hydrogen-bond donors (Lipinski definition) is 3. The van der Waals surface area contributed by atoms with Crippen molar-refractivity contribution < 1.29 is 24.4 Å². The second kappa shape index (κ2) is 15.1. The second-order valence-electron chi connectivity index (χ2n) is 9.90. The maximum Gasteiger partial charge on any atom is 0.269 e. The van der Waals surface area contributed by atoms with Crippen LogP contribution in [0.3, 0.4) is 0 Å². The Morgan fingerprint density at radius 1 is 1.00 bits per heavy atom. The number of carbonyl (C=O) groups excluding carboxylic acids is 3. The lowest BCUT2D eigenvalue weighted by molar-refractivity contribution is -0.384. The molecule has 11 nitrogen and oxygen atoms in total. The van der Waals surface area contributed by atoms with Gasteiger partial charge in [-0.15, -0.1) is 0 Å². The van der Waals surface area contributed by atoms with E-state index in [2.05, 4.69) is 33.2 Å². The number of rotatable bonds is 12. The molecule has 1 aliphatic heterocycles. The van der Waals surface area contributed by atoms with E-state index in [1.165, 1.54) is 24.3 Å². The zero-order valence-electron chi connectivity index (χ0n) is 22.7. The molecule has 0 bridgehead atoms. The van der Waals surface area contributed by atoms with Crippen LogP contribution in [0.1, 0.15) is 29.3 Å². The van der Waals surface area contributed by atoms with E-state index < -0.39 is 16.9 Å². The number of halogens is 1. The van der Waals surface area contributed by atoms with E-state index >= 15 is 0 Å². The number of nitro benzene ring substituents is 1. The maximum atomic E-state index is 13.6. The molecule has 0 aliphatic carbocycles. The normalized spacial score (nSPS) is 16.5. The minimum Gasteiger partial charge on any atom is -0.395 e. The first kappa shape index (κ1) is 31.4. The molecule has 3 rings (SSSR count). The zero-order chi connectivity index (χ0) is 29.2. The fourth-order valence-electron chi connectivity index (χ4n) is 4.69. The summed E-state index contributed by atoms with van der Waals surface area (Å²) in [6.07, 6.45) is 0.904. The van der Waals surface area contributed by atoms with Crippen molar-refractivity contribution in [2.45, 2.75) is 35.8 Å². The van der Waals surface area contributed by atoms with E-state index in [4.69, 9.17) is 0 Å². The topological polar surface area (TPSA) is 145 Å². The van der Waals surface area contributed by atoms with Crippen molar-refractivity contribution in [2.24, 2.45) is 5.92 Å². The minimum atomic E-state index is -0.844. The van der Waals surface area contributed by atoms with Gasteiger partial charge in [0.15, 0.2) is 0 Å². The number of nitrogens with one attached hydrogen (secondary N) is 2. The fourth-order valence-corrected chi connectivity index (χ4v) is 6.04. The molecule has 0 aromatic heterocycles. The Kier molecular flexibility index (Phi) is 11.8. The lowest BCUT2D eigenvalue weighted by Crippen LogP contribution is -2.57. The summed E-state index contributed by atoms with van der Waals surface area (Å²) >= 11 is 2.26. The molecule has 1 aliphatic rings. The van der Waals surface area contributed by atoms with E-state index in [0.717, 1.165) is 5.56 Å². The SMILES string of the molecule is CNC(CO)C(I)CC(C)C(=O)N1CCN(C(=O)C(Cc2ccccc2)NC(=O)c2ccc([N+](=O)[O-])cc2)CC1. The lowest BCUT2D eigenvalue weighted by atomic mass is 9.99. The summed E-state index contributed by atoms with van der Waals surface area (Å²) in [6, 6.07) is 13.7. The van der Waals surface area contributed by atoms with Gasteiger partial charge < -0.3 is 25.5 Å². The van der Waals surface area contributed by atoms with Crippen LogP contribution in [0.2, 0.25) is 0 Å². The Morgan fingerprint density at radius 2 is 1.57 bits per heavy atom. The number of aliphatic hydroxyl groups is 1. The molecule has 3 N–H and O–H groups in total. The van der Waals surface area contributed by atoms with Crippen molar-refractivity contribution in [3.8, 4) is 0 Å². The molecule has 2 aromatic rings. The summed E-state index contributed by atoms with van der Waals surface area (Å²) in [5, 5.41) is 26.3. The van der Waals surface area contributed by atoms with E-state index in [-0.39, 0.29) is 52.0 Å². The molecule has 4 unspecified atom stereocenters. The third-order valence-electron chi connectivity index (χ3n) is 7.13. The number of nitro groups is 1. The summed E-state index contributed by atoms with van der Waals surface area (Å²) in [7, 11) is 1.79. The van der Waals surface area contributed by atoms with E-state index in [1.807, 2.05) is 37.3 Å². The quantitative estimate of drug-likeness (QED) is 0.136. The van der Waals surface area contributed by atoms with Gasteiger partial charge in [-0.2, -0.15) is 0 Å². The van der Waals surface area contributed by atoms with Gasteiger partial charge in [-0.05, 0) is 31.2 Å². The number of non-ortho nitro benzene ring substituents is 1. The Morgan fingerprint density at radius 3 is 2.10 bits per heavy atom. The highest BCUT2D eigenvalue weighted by molar-refractivity contribution is 14.1. The maximum absolute atomic E-state index is 13.6. The number of carbonyl (C=O) groups is 3. The summed E-state index contributed by atoms with van der Waals surface area (Å²) in [6.45, 7) is 3.37. The molecule has 0 spiro atoms. The van der Waals surface area contributed by atoms with Crippen LogP contribution in [-0.2, 0) is 16.0 Å². The summed E-state index contributed by atoms with van der Waals surface area (Å²) in [5.74, 6) is -0.943. The first-order chi connectivity index (χ1) is 19.1. The van der Waals surface area contributed by atoms with Crippen molar-refractivity contribution in [1.82, 2.24) is 20.4 Å². The third-order valence-corrected chi connectivity index (χ3v) is 8.51. The predicted molar refractivity (Wildman–Crippen MR) is 159 cm³/mol. The molecule has 0 saturated carbocycles. The van der Waals surface area contributed by atoms with Crippen LogP contribution >= 0.6 is 22.6 Å². The smallest absolute Gasteiger partial charge is 0.269 e. The van der Waals surface area contributed by atoms with E-state index in [0.29, 0.717) is 32.6 Å². The summed E-state index contributed by atoms with van der Waals surface area (Å²) < 4.78 is 0.0903. The molecule has 1 fully saturated rings. The Balaban J connectivity index is 1.64. The van der Waals surface area contributed by atoms with Crippen LogP contribution in [0.4, 0.5) is 5.69 Å². The molecule has 0 radical (unpaired) electrons. The van der Waals surface area contributed by atoms with Gasteiger partial charge in [-0.1, -0.05) is 59.8 Å². The standard InChI is InChI=1S/C28H36IN5O6/c1-19(16-23(29)25(18-35)30-2)27(37)32-12-14-33(15-13-32)28(38)24(17-20-6-4-3-5-7-20)31-26(36)21-8-10-22(11-9-21)34(39)40/h3-11,19,23-25,30,35H,12-18H2,1-2H3,(H,31,36). The Bertz CT molecular complexity index is 1150. The van der Waals surface area contributed by atoms with Crippen LogP contribution in [0, 0.1) is 16.0 Å². The van der Waals surface area contributed by atoms with Gasteiger partial charge in [0.05, 0.1) is 11.5 Å². The first-order valence-corrected chi connectivity index (χ1v) is 14.5. The molecule has 1 saturated heterocycles. The van der Waals surface area contributed by atoms with Gasteiger partial charge in [0, 0.05) is 66.2 Å². The molecule has 3 amide bonds. The molecule has 2 aromatic carbocycles.